The Bertz CT molecular complexity index is 1580. The van der Waals surface area contributed by atoms with Crippen LogP contribution in [0.25, 0.3) is 21.8 Å². The van der Waals surface area contributed by atoms with Gasteiger partial charge in [0.1, 0.15) is 22.3 Å². The normalized spacial score (nSPS) is 14.2. The standard InChI is InChI=1S/C24H18ClF3N4O3S2/c25-23-29-7-6-18(30-23)22-21(31-24(36-22)32-8-10-35-11-9-32)16-3-1-2-14(20(16)28)13-37(33,34)19-12-15(26)4-5-17(19)27/h1-7,12H,8-11,13H2. The van der Waals surface area contributed by atoms with Crippen LogP contribution in [0.15, 0.2) is 53.6 Å². The smallest absolute Gasteiger partial charge is 0.222 e. The largest absolute Gasteiger partial charge is 0.378 e. The first kappa shape index (κ1) is 25.6. The molecule has 5 rings (SSSR count). The van der Waals surface area contributed by atoms with E-state index in [4.69, 9.17) is 16.3 Å². The number of rotatable bonds is 6. The van der Waals surface area contributed by atoms with Crippen LogP contribution in [0.4, 0.5) is 18.3 Å². The van der Waals surface area contributed by atoms with Gasteiger partial charge in [-0.3, -0.25) is 0 Å². The van der Waals surface area contributed by atoms with Gasteiger partial charge >= 0.3 is 0 Å². The molecule has 0 aliphatic carbocycles. The Hall–Kier alpha value is -3.06. The van der Waals surface area contributed by atoms with Crippen molar-refractivity contribution >= 4 is 37.9 Å². The van der Waals surface area contributed by atoms with Gasteiger partial charge in [0.25, 0.3) is 0 Å². The van der Waals surface area contributed by atoms with E-state index in [1.54, 1.807) is 6.07 Å². The molecule has 0 saturated carbocycles. The van der Waals surface area contributed by atoms with E-state index in [1.807, 2.05) is 4.90 Å². The van der Waals surface area contributed by atoms with Gasteiger partial charge in [0.05, 0.1) is 35.2 Å². The summed E-state index contributed by atoms with van der Waals surface area (Å²) in [5.74, 6) is -3.75. The third-order valence-corrected chi connectivity index (χ3v) is 8.66. The third-order valence-electron chi connectivity index (χ3n) is 5.66. The minimum Gasteiger partial charge on any atom is -0.378 e. The van der Waals surface area contributed by atoms with E-state index >= 15 is 4.39 Å². The molecule has 192 valence electrons. The Morgan fingerprint density at radius 2 is 1.84 bits per heavy atom. The summed E-state index contributed by atoms with van der Waals surface area (Å²) in [6.07, 6.45) is 1.47. The lowest BCUT2D eigenvalue weighted by Crippen LogP contribution is -2.36. The molecule has 0 amide bonds. The number of nitrogens with zero attached hydrogens (tertiary/aromatic N) is 4. The van der Waals surface area contributed by atoms with Gasteiger partial charge in [-0.2, -0.15) is 0 Å². The fraction of sp³-hybridized carbons (Fsp3) is 0.208. The van der Waals surface area contributed by atoms with Crippen molar-refractivity contribution in [1.29, 1.82) is 0 Å². The first-order chi connectivity index (χ1) is 17.7. The minimum atomic E-state index is -4.40. The fourth-order valence-electron chi connectivity index (χ4n) is 3.89. The van der Waals surface area contributed by atoms with Crippen LogP contribution in [0.2, 0.25) is 5.28 Å². The maximum Gasteiger partial charge on any atom is 0.222 e. The van der Waals surface area contributed by atoms with E-state index in [1.165, 1.54) is 35.7 Å². The van der Waals surface area contributed by atoms with Crippen molar-refractivity contribution in [2.24, 2.45) is 0 Å². The molecule has 0 N–H and O–H groups in total. The van der Waals surface area contributed by atoms with E-state index < -0.39 is 37.9 Å². The van der Waals surface area contributed by atoms with Gasteiger partial charge in [-0.1, -0.05) is 23.5 Å². The molecule has 0 unspecified atom stereocenters. The Morgan fingerprint density at radius 3 is 2.59 bits per heavy atom. The maximum absolute atomic E-state index is 15.9. The van der Waals surface area contributed by atoms with Gasteiger partial charge in [-0.15, -0.1) is 0 Å². The average Bonchev–Trinajstić information content (AvgIpc) is 3.32. The van der Waals surface area contributed by atoms with E-state index in [0.29, 0.717) is 48.1 Å². The number of hydrogen-bond acceptors (Lipinski definition) is 8. The quantitative estimate of drug-likeness (QED) is 0.298. The Kier molecular flexibility index (Phi) is 7.17. The molecule has 1 fully saturated rings. The van der Waals surface area contributed by atoms with Crippen molar-refractivity contribution in [3.05, 3.63) is 77.0 Å². The highest BCUT2D eigenvalue weighted by molar-refractivity contribution is 7.90. The first-order valence-electron chi connectivity index (χ1n) is 11.0. The number of morpholine rings is 1. The van der Waals surface area contributed by atoms with Gasteiger partial charge in [0, 0.05) is 30.4 Å². The zero-order chi connectivity index (χ0) is 26.2. The zero-order valence-electron chi connectivity index (χ0n) is 19.0. The summed E-state index contributed by atoms with van der Waals surface area (Å²) < 4.78 is 74.8. The number of benzene rings is 2. The molecule has 1 aliphatic heterocycles. The van der Waals surface area contributed by atoms with Crippen molar-refractivity contribution in [2.75, 3.05) is 31.2 Å². The van der Waals surface area contributed by atoms with Crippen molar-refractivity contribution in [3.63, 3.8) is 0 Å². The van der Waals surface area contributed by atoms with E-state index in [9.17, 15) is 17.2 Å². The summed E-state index contributed by atoms with van der Waals surface area (Å²) in [5, 5.41) is 0.615. The molecule has 4 aromatic rings. The highest BCUT2D eigenvalue weighted by Crippen LogP contribution is 2.41. The van der Waals surface area contributed by atoms with Crippen LogP contribution in [-0.2, 0) is 20.3 Å². The number of hydrogen-bond donors (Lipinski definition) is 0. The van der Waals surface area contributed by atoms with Crippen molar-refractivity contribution in [1.82, 2.24) is 15.0 Å². The number of halogens is 4. The van der Waals surface area contributed by atoms with E-state index in [0.717, 1.165) is 12.1 Å². The van der Waals surface area contributed by atoms with Crippen LogP contribution in [0.3, 0.4) is 0 Å². The molecule has 2 aromatic carbocycles. The highest BCUT2D eigenvalue weighted by Gasteiger charge is 2.27. The van der Waals surface area contributed by atoms with Gasteiger partial charge in [0.2, 0.25) is 5.28 Å². The van der Waals surface area contributed by atoms with E-state index in [2.05, 4.69) is 15.0 Å². The van der Waals surface area contributed by atoms with Crippen LogP contribution < -0.4 is 4.90 Å². The van der Waals surface area contributed by atoms with Gasteiger partial charge in [-0.25, -0.2) is 36.5 Å². The monoisotopic (exact) mass is 566 g/mol. The van der Waals surface area contributed by atoms with Crippen LogP contribution in [0.5, 0.6) is 0 Å². The summed E-state index contributed by atoms with van der Waals surface area (Å²) in [7, 11) is -4.40. The summed E-state index contributed by atoms with van der Waals surface area (Å²) in [6, 6.07) is 7.96. The second kappa shape index (κ2) is 10.4. The maximum atomic E-state index is 15.9. The van der Waals surface area contributed by atoms with Crippen LogP contribution in [0, 0.1) is 17.5 Å². The summed E-state index contributed by atoms with van der Waals surface area (Å²) in [5.41, 5.74) is 0.489. The predicted octanol–water partition coefficient (Wildman–Crippen LogP) is 5.15. The Balaban J connectivity index is 1.59. The topological polar surface area (TPSA) is 85.3 Å². The summed E-state index contributed by atoms with van der Waals surface area (Å²) in [6.45, 7) is 2.22. The van der Waals surface area contributed by atoms with Crippen LogP contribution >= 0.6 is 22.9 Å². The van der Waals surface area contributed by atoms with Crippen molar-refractivity contribution in [3.8, 4) is 21.8 Å². The fourth-order valence-corrected chi connectivity index (χ4v) is 6.58. The molecule has 1 saturated heterocycles. The zero-order valence-corrected chi connectivity index (χ0v) is 21.4. The number of aromatic nitrogens is 3. The first-order valence-corrected chi connectivity index (χ1v) is 13.9. The lowest BCUT2D eigenvalue weighted by atomic mass is 10.1. The highest BCUT2D eigenvalue weighted by atomic mass is 35.5. The molecule has 0 atom stereocenters. The molecule has 7 nitrogen and oxygen atoms in total. The molecule has 37 heavy (non-hydrogen) atoms. The molecule has 13 heteroatoms. The second-order valence-corrected chi connectivity index (χ2v) is 11.4. The summed E-state index contributed by atoms with van der Waals surface area (Å²) >= 11 is 7.28. The summed E-state index contributed by atoms with van der Waals surface area (Å²) in [4.78, 5) is 14.5. The average molecular weight is 567 g/mol. The van der Waals surface area contributed by atoms with Crippen LogP contribution in [-0.4, -0.2) is 49.7 Å². The Morgan fingerprint density at radius 1 is 1.05 bits per heavy atom. The molecule has 2 aromatic heterocycles. The van der Waals surface area contributed by atoms with Gasteiger partial charge < -0.3 is 9.64 Å². The SMILES string of the molecule is O=S(=O)(Cc1cccc(-c2nc(N3CCOCC3)sc2-c2ccnc(Cl)n2)c1F)c1cc(F)ccc1F. The van der Waals surface area contributed by atoms with E-state index in [-0.39, 0.29) is 22.1 Å². The molecular weight excluding hydrogens is 549 g/mol. The Labute approximate surface area is 219 Å². The lowest BCUT2D eigenvalue weighted by Gasteiger charge is -2.26. The number of sulfone groups is 1. The third kappa shape index (κ3) is 5.33. The lowest BCUT2D eigenvalue weighted by molar-refractivity contribution is 0.122. The predicted molar refractivity (Wildman–Crippen MR) is 134 cm³/mol. The molecule has 3 heterocycles. The molecule has 0 spiro atoms. The molecule has 0 bridgehead atoms. The minimum absolute atomic E-state index is 0.00204. The van der Waals surface area contributed by atoms with Crippen molar-refractivity contribution < 1.29 is 26.3 Å². The van der Waals surface area contributed by atoms with Gasteiger partial charge in [-0.05, 0) is 41.9 Å². The number of anilines is 1. The van der Waals surface area contributed by atoms with Crippen LogP contribution in [0.1, 0.15) is 5.56 Å². The number of thiazole rings is 1. The molecule has 0 radical (unpaired) electrons. The van der Waals surface area contributed by atoms with Crippen molar-refractivity contribution in [2.45, 2.75) is 10.6 Å². The second-order valence-electron chi connectivity index (χ2n) is 8.10. The molecular formula is C24H18ClF3N4O3S2. The van der Waals surface area contributed by atoms with Gasteiger partial charge in [0.15, 0.2) is 15.0 Å². The molecule has 1 aliphatic rings. The number of ether oxygens (including phenoxy) is 1.